The van der Waals surface area contributed by atoms with Gasteiger partial charge >= 0.3 is 5.97 Å². The van der Waals surface area contributed by atoms with Gasteiger partial charge in [-0.25, -0.2) is 9.78 Å². The van der Waals surface area contributed by atoms with Gasteiger partial charge in [-0.15, -0.1) is 0 Å². The number of fused-ring (bicyclic) bond motifs is 1. The molecule has 24 heavy (non-hydrogen) atoms. The molecule has 0 fully saturated rings. The second-order valence-corrected chi connectivity index (χ2v) is 5.33. The molecule has 2 heterocycles. The van der Waals surface area contributed by atoms with Crippen LogP contribution in [0.1, 0.15) is 27.8 Å². The Kier molecular flexibility index (Phi) is 4.11. The number of carboxylic acids is 1. The van der Waals surface area contributed by atoms with E-state index in [1.54, 1.807) is 18.2 Å². The molecule has 0 radical (unpaired) electrons. The minimum atomic E-state index is -1.11. The highest BCUT2D eigenvalue weighted by molar-refractivity contribution is 5.97. The van der Waals surface area contributed by atoms with Crippen molar-refractivity contribution in [1.82, 2.24) is 14.9 Å². The molecule has 1 aliphatic rings. The Labute approximate surface area is 138 Å². The first-order valence-electron chi connectivity index (χ1n) is 7.34. The van der Waals surface area contributed by atoms with Gasteiger partial charge in [-0.3, -0.25) is 4.79 Å². The number of aromatic nitrogens is 2. The van der Waals surface area contributed by atoms with Crippen LogP contribution in [0.3, 0.4) is 0 Å². The lowest BCUT2D eigenvalue weighted by Gasteiger charge is -2.32. The van der Waals surface area contributed by atoms with Crippen molar-refractivity contribution in [2.45, 2.75) is 12.5 Å². The predicted molar refractivity (Wildman–Crippen MR) is 83.3 cm³/mol. The summed E-state index contributed by atoms with van der Waals surface area (Å²) in [5.74, 6) is -0.598. The van der Waals surface area contributed by atoms with Crippen LogP contribution in [-0.2, 0) is 11.2 Å². The zero-order chi connectivity index (χ0) is 17.3. The Morgan fingerprint density at radius 1 is 1.29 bits per heavy atom. The number of methoxy groups -OCH3 is 2. The van der Waals surface area contributed by atoms with Crippen molar-refractivity contribution in [1.29, 1.82) is 0 Å². The number of aliphatic carboxylic acids is 1. The second-order valence-electron chi connectivity index (χ2n) is 5.33. The molecule has 8 heteroatoms. The monoisotopic (exact) mass is 331 g/mol. The number of hydrogen-bond acceptors (Lipinski definition) is 5. The fourth-order valence-electron chi connectivity index (χ4n) is 2.88. The first-order valence-corrected chi connectivity index (χ1v) is 7.34. The standard InChI is InChI=1S/C16H17N3O5/c1-23-11-4-3-9(7-12(11)24-2)15(20)19-6-5-10-13(18-8-17-10)14(19)16(21)22/h3-4,7-8,14H,5-6H2,1-2H3,(H,17,18)(H,21,22). The highest BCUT2D eigenvalue weighted by Crippen LogP contribution is 2.32. The van der Waals surface area contributed by atoms with E-state index in [2.05, 4.69) is 9.97 Å². The number of carboxylic acid groups (broad SMARTS) is 1. The SMILES string of the molecule is COc1ccc(C(=O)N2CCc3[nH]cnc3C2C(=O)O)cc1OC. The zero-order valence-corrected chi connectivity index (χ0v) is 13.3. The number of nitrogens with one attached hydrogen (secondary N) is 1. The van der Waals surface area contributed by atoms with Gasteiger partial charge in [0.15, 0.2) is 17.5 Å². The third-order valence-corrected chi connectivity index (χ3v) is 4.05. The lowest BCUT2D eigenvalue weighted by atomic mass is 10.0. The van der Waals surface area contributed by atoms with E-state index in [0.717, 1.165) is 5.69 Å². The Morgan fingerprint density at radius 3 is 2.71 bits per heavy atom. The summed E-state index contributed by atoms with van der Waals surface area (Å²) in [7, 11) is 2.98. The molecular formula is C16H17N3O5. The summed E-state index contributed by atoms with van der Waals surface area (Å²) in [4.78, 5) is 32.8. The van der Waals surface area contributed by atoms with Crippen LogP contribution in [0.15, 0.2) is 24.5 Å². The molecular weight excluding hydrogens is 314 g/mol. The van der Waals surface area contributed by atoms with E-state index in [9.17, 15) is 14.7 Å². The highest BCUT2D eigenvalue weighted by Gasteiger charge is 2.38. The van der Waals surface area contributed by atoms with Gasteiger partial charge in [0.1, 0.15) is 0 Å². The van der Waals surface area contributed by atoms with Gasteiger partial charge in [0.2, 0.25) is 0 Å². The number of rotatable bonds is 4. The first kappa shape index (κ1) is 15.9. The van der Waals surface area contributed by atoms with E-state index in [4.69, 9.17) is 9.47 Å². The van der Waals surface area contributed by atoms with Crippen LogP contribution in [0.25, 0.3) is 0 Å². The molecule has 0 saturated carbocycles. The molecule has 0 bridgehead atoms. The quantitative estimate of drug-likeness (QED) is 0.874. The number of ether oxygens (including phenoxy) is 2. The molecule has 1 unspecified atom stereocenters. The third kappa shape index (κ3) is 2.55. The maximum atomic E-state index is 12.8. The number of carbonyl (C=O) groups is 2. The number of hydrogen-bond donors (Lipinski definition) is 2. The van der Waals surface area contributed by atoms with Crippen LogP contribution in [0.5, 0.6) is 11.5 Å². The summed E-state index contributed by atoms with van der Waals surface area (Å²) in [5.41, 5.74) is 1.46. The van der Waals surface area contributed by atoms with Gasteiger partial charge in [0.05, 0.1) is 26.2 Å². The number of H-pyrrole nitrogens is 1. The molecule has 1 aromatic heterocycles. The molecule has 0 aliphatic carbocycles. The summed E-state index contributed by atoms with van der Waals surface area (Å²) in [6, 6.07) is 3.63. The molecule has 3 rings (SSSR count). The lowest BCUT2D eigenvalue weighted by Crippen LogP contribution is -2.43. The van der Waals surface area contributed by atoms with E-state index < -0.39 is 17.9 Å². The maximum Gasteiger partial charge on any atom is 0.332 e. The van der Waals surface area contributed by atoms with E-state index in [1.165, 1.54) is 25.4 Å². The fraction of sp³-hybridized carbons (Fsp3) is 0.312. The molecule has 0 saturated heterocycles. The van der Waals surface area contributed by atoms with Gasteiger partial charge in [-0.2, -0.15) is 0 Å². The molecule has 1 amide bonds. The van der Waals surface area contributed by atoms with Gasteiger partial charge in [0, 0.05) is 24.2 Å². The van der Waals surface area contributed by atoms with Crippen LogP contribution in [-0.4, -0.2) is 52.6 Å². The largest absolute Gasteiger partial charge is 0.493 e. The number of imidazole rings is 1. The van der Waals surface area contributed by atoms with E-state index in [1.807, 2.05) is 0 Å². The number of amides is 1. The molecule has 1 atom stereocenters. The van der Waals surface area contributed by atoms with Gasteiger partial charge in [0.25, 0.3) is 5.91 Å². The minimum absolute atomic E-state index is 0.291. The Hall–Kier alpha value is -3.03. The van der Waals surface area contributed by atoms with Crippen molar-refractivity contribution < 1.29 is 24.2 Å². The summed E-state index contributed by atoms with van der Waals surface area (Å²) in [6.07, 6.45) is 1.98. The Morgan fingerprint density at radius 2 is 2.04 bits per heavy atom. The summed E-state index contributed by atoms with van der Waals surface area (Å²) in [5, 5.41) is 9.56. The van der Waals surface area contributed by atoms with Crippen LogP contribution >= 0.6 is 0 Å². The van der Waals surface area contributed by atoms with Crippen LogP contribution in [0.2, 0.25) is 0 Å². The van der Waals surface area contributed by atoms with Crippen molar-refractivity contribution in [3.8, 4) is 11.5 Å². The molecule has 1 aliphatic heterocycles. The average molecular weight is 331 g/mol. The van der Waals surface area contributed by atoms with Crippen LogP contribution in [0, 0.1) is 0 Å². The summed E-state index contributed by atoms with van der Waals surface area (Å²) < 4.78 is 10.4. The van der Waals surface area contributed by atoms with Crippen molar-refractivity contribution in [2.24, 2.45) is 0 Å². The summed E-state index contributed by atoms with van der Waals surface area (Å²) >= 11 is 0. The first-order chi connectivity index (χ1) is 11.6. The van der Waals surface area contributed by atoms with E-state index in [0.29, 0.717) is 35.7 Å². The smallest absolute Gasteiger partial charge is 0.332 e. The average Bonchev–Trinajstić information content (AvgIpc) is 3.07. The topological polar surface area (TPSA) is 105 Å². The molecule has 126 valence electrons. The molecule has 8 nitrogen and oxygen atoms in total. The van der Waals surface area contributed by atoms with Crippen LogP contribution < -0.4 is 9.47 Å². The lowest BCUT2D eigenvalue weighted by molar-refractivity contribution is -0.143. The molecule has 1 aromatic carbocycles. The Balaban J connectivity index is 1.96. The van der Waals surface area contributed by atoms with Gasteiger partial charge < -0.3 is 24.5 Å². The zero-order valence-electron chi connectivity index (χ0n) is 13.3. The van der Waals surface area contributed by atoms with Crippen molar-refractivity contribution >= 4 is 11.9 Å². The van der Waals surface area contributed by atoms with Crippen molar-refractivity contribution in [3.63, 3.8) is 0 Å². The van der Waals surface area contributed by atoms with Gasteiger partial charge in [-0.1, -0.05) is 0 Å². The molecule has 2 N–H and O–H groups in total. The fourth-order valence-corrected chi connectivity index (χ4v) is 2.88. The normalized spacial score (nSPS) is 16.4. The number of benzene rings is 1. The van der Waals surface area contributed by atoms with Crippen LogP contribution in [0.4, 0.5) is 0 Å². The number of carbonyl (C=O) groups excluding carboxylic acids is 1. The third-order valence-electron chi connectivity index (χ3n) is 4.05. The molecule has 2 aromatic rings. The number of aromatic amines is 1. The predicted octanol–water partition coefficient (Wildman–Crippen LogP) is 1.25. The van der Waals surface area contributed by atoms with E-state index >= 15 is 0 Å². The number of nitrogens with zero attached hydrogens (tertiary/aromatic N) is 2. The highest BCUT2D eigenvalue weighted by atomic mass is 16.5. The minimum Gasteiger partial charge on any atom is -0.493 e. The molecule has 0 spiro atoms. The Bertz CT molecular complexity index is 786. The summed E-state index contributed by atoms with van der Waals surface area (Å²) in [6.45, 7) is 0.291. The second kappa shape index (κ2) is 6.23. The van der Waals surface area contributed by atoms with E-state index in [-0.39, 0.29) is 0 Å². The maximum absolute atomic E-state index is 12.8. The van der Waals surface area contributed by atoms with Crippen molar-refractivity contribution in [2.75, 3.05) is 20.8 Å². The van der Waals surface area contributed by atoms with Gasteiger partial charge in [-0.05, 0) is 18.2 Å². The van der Waals surface area contributed by atoms with Crippen molar-refractivity contribution in [3.05, 3.63) is 41.5 Å².